The maximum absolute atomic E-state index is 5.75. The molecule has 0 aliphatic rings. The van der Waals surface area contributed by atoms with Crippen molar-refractivity contribution >= 4 is 11.3 Å². The van der Waals surface area contributed by atoms with E-state index in [9.17, 15) is 0 Å². The first kappa shape index (κ1) is 14.9. The molecule has 2 rings (SSSR count). The molecular formula is C15H21N3OS. The van der Waals surface area contributed by atoms with E-state index in [-0.39, 0.29) is 0 Å². The van der Waals surface area contributed by atoms with Gasteiger partial charge in [0.15, 0.2) is 0 Å². The van der Waals surface area contributed by atoms with E-state index in [0.717, 1.165) is 30.3 Å². The number of nitrogens with one attached hydrogen (secondary N) is 1. The van der Waals surface area contributed by atoms with Gasteiger partial charge >= 0.3 is 0 Å². The second kappa shape index (κ2) is 7.36. The highest BCUT2D eigenvalue weighted by atomic mass is 32.1. The third-order valence-electron chi connectivity index (χ3n) is 2.79. The number of aromatic nitrogens is 2. The van der Waals surface area contributed by atoms with Gasteiger partial charge in [0, 0.05) is 6.54 Å². The average molecular weight is 291 g/mol. The largest absolute Gasteiger partial charge is 0.430 e. The summed E-state index contributed by atoms with van der Waals surface area (Å²) in [5.41, 5.74) is 1.26. The van der Waals surface area contributed by atoms with Crippen LogP contribution in [0.25, 0.3) is 0 Å². The van der Waals surface area contributed by atoms with Crippen LogP contribution in [-0.2, 0) is 13.0 Å². The van der Waals surface area contributed by atoms with Gasteiger partial charge in [-0.05, 0) is 36.6 Å². The maximum Gasteiger partial charge on any atom is 0.299 e. The molecule has 0 aliphatic heterocycles. The lowest BCUT2D eigenvalue weighted by atomic mass is 10.2. The van der Waals surface area contributed by atoms with Crippen LogP contribution >= 0.6 is 11.3 Å². The molecule has 20 heavy (non-hydrogen) atoms. The van der Waals surface area contributed by atoms with Crippen LogP contribution in [0.3, 0.4) is 0 Å². The van der Waals surface area contributed by atoms with Gasteiger partial charge in [0.25, 0.3) is 5.19 Å². The van der Waals surface area contributed by atoms with E-state index in [1.165, 1.54) is 16.9 Å². The Labute approximate surface area is 124 Å². The van der Waals surface area contributed by atoms with E-state index in [0.29, 0.717) is 11.1 Å². The van der Waals surface area contributed by atoms with E-state index in [2.05, 4.69) is 42.4 Å². The zero-order valence-corrected chi connectivity index (χ0v) is 13.0. The maximum atomic E-state index is 5.75. The van der Waals surface area contributed by atoms with Gasteiger partial charge in [-0.3, -0.25) is 0 Å². The van der Waals surface area contributed by atoms with Crippen molar-refractivity contribution in [2.75, 3.05) is 6.54 Å². The molecular weight excluding hydrogens is 270 g/mol. The Bertz CT molecular complexity index is 539. The molecule has 4 nitrogen and oxygen atoms in total. The molecule has 108 valence electrons. The lowest BCUT2D eigenvalue weighted by Gasteiger charge is -2.04. The molecule has 0 bridgehead atoms. The van der Waals surface area contributed by atoms with Crippen LogP contribution < -0.4 is 10.1 Å². The smallest absolute Gasteiger partial charge is 0.299 e. The zero-order valence-electron chi connectivity index (χ0n) is 12.2. The summed E-state index contributed by atoms with van der Waals surface area (Å²) in [6.07, 6.45) is 0.998. The molecule has 1 aromatic heterocycles. The number of benzene rings is 1. The molecule has 1 heterocycles. The van der Waals surface area contributed by atoms with Crippen molar-refractivity contribution in [3.63, 3.8) is 0 Å². The first-order valence-electron chi connectivity index (χ1n) is 6.97. The average Bonchev–Trinajstić information content (AvgIpc) is 2.86. The highest BCUT2D eigenvalue weighted by Crippen LogP contribution is 2.25. The fourth-order valence-electron chi connectivity index (χ4n) is 1.75. The van der Waals surface area contributed by atoms with E-state index in [1.807, 2.05) is 18.2 Å². The Morgan fingerprint density at radius 2 is 2.15 bits per heavy atom. The van der Waals surface area contributed by atoms with Crippen LogP contribution in [0.2, 0.25) is 0 Å². The predicted molar refractivity (Wildman–Crippen MR) is 82.3 cm³/mol. The minimum atomic E-state index is 0.597. The summed E-state index contributed by atoms with van der Waals surface area (Å²) in [7, 11) is 0. The highest BCUT2D eigenvalue weighted by molar-refractivity contribution is 7.13. The third-order valence-corrected chi connectivity index (χ3v) is 3.59. The molecule has 0 spiro atoms. The lowest BCUT2D eigenvalue weighted by Crippen LogP contribution is -2.18. The molecule has 0 unspecified atom stereocenters. The molecule has 0 saturated carbocycles. The Morgan fingerprint density at radius 3 is 2.90 bits per heavy atom. The molecule has 0 saturated heterocycles. The topological polar surface area (TPSA) is 47.0 Å². The Kier molecular flexibility index (Phi) is 5.49. The van der Waals surface area contributed by atoms with Crippen LogP contribution in [0.15, 0.2) is 24.3 Å². The summed E-state index contributed by atoms with van der Waals surface area (Å²) in [6, 6.07) is 8.07. The van der Waals surface area contributed by atoms with Crippen LogP contribution in [-0.4, -0.2) is 16.7 Å². The van der Waals surface area contributed by atoms with E-state index < -0.39 is 0 Å². The van der Waals surface area contributed by atoms with Crippen molar-refractivity contribution in [3.05, 3.63) is 34.8 Å². The zero-order chi connectivity index (χ0) is 14.4. The van der Waals surface area contributed by atoms with E-state index in [1.54, 1.807) is 0 Å². The van der Waals surface area contributed by atoms with Crippen LogP contribution in [0.4, 0.5) is 0 Å². The van der Waals surface area contributed by atoms with E-state index >= 15 is 0 Å². The summed E-state index contributed by atoms with van der Waals surface area (Å²) in [4.78, 5) is 0. The van der Waals surface area contributed by atoms with Gasteiger partial charge in [0.1, 0.15) is 10.8 Å². The monoisotopic (exact) mass is 291 g/mol. The van der Waals surface area contributed by atoms with Gasteiger partial charge in [-0.15, -0.1) is 5.10 Å². The lowest BCUT2D eigenvalue weighted by molar-refractivity contribution is 0.472. The predicted octanol–water partition coefficient (Wildman–Crippen LogP) is 3.64. The number of rotatable bonds is 7. The van der Waals surface area contributed by atoms with Crippen LogP contribution in [0, 0.1) is 5.92 Å². The number of nitrogens with zero attached hydrogens (tertiary/aromatic N) is 2. The normalized spacial score (nSPS) is 11.0. The quantitative estimate of drug-likeness (QED) is 0.846. The second-order valence-corrected chi connectivity index (χ2v) is 6.11. The van der Waals surface area contributed by atoms with Crippen molar-refractivity contribution in [2.24, 2.45) is 5.92 Å². The third kappa shape index (κ3) is 4.58. The molecule has 5 heteroatoms. The van der Waals surface area contributed by atoms with Crippen molar-refractivity contribution in [3.8, 4) is 10.9 Å². The van der Waals surface area contributed by atoms with Gasteiger partial charge in [0.2, 0.25) is 0 Å². The Morgan fingerprint density at radius 1 is 1.30 bits per heavy atom. The van der Waals surface area contributed by atoms with Gasteiger partial charge in [-0.25, -0.2) is 0 Å². The SMILES string of the molecule is CCc1cccc(Oc2nnc(CNCC(C)C)s2)c1. The molecule has 0 aliphatic carbocycles. The summed E-state index contributed by atoms with van der Waals surface area (Å²) in [6.45, 7) is 8.22. The van der Waals surface area contributed by atoms with Crippen molar-refractivity contribution in [1.82, 2.24) is 15.5 Å². The number of aryl methyl sites for hydroxylation is 1. The molecule has 2 aromatic rings. The van der Waals surface area contributed by atoms with Crippen molar-refractivity contribution in [2.45, 2.75) is 33.7 Å². The fourth-order valence-corrected chi connectivity index (χ4v) is 2.43. The number of hydrogen-bond donors (Lipinski definition) is 1. The molecule has 1 N–H and O–H groups in total. The number of ether oxygens (including phenoxy) is 1. The standard InChI is InChI=1S/C15H21N3OS/c1-4-12-6-5-7-13(8-12)19-15-18-17-14(20-15)10-16-9-11(2)3/h5-8,11,16H,4,9-10H2,1-3H3. The summed E-state index contributed by atoms with van der Waals surface area (Å²) < 4.78 is 5.75. The minimum Gasteiger partial charge on any atom is -0.430 e. The van der Waals surface area contributed by atoms with E-state index in [4.69, 9.17) is 4.74 Å². The fraction of sp³-hybridized carbons (Fsp3) is 0.467. The van der Waals surface area contributed by atoms with Gasteiger partial charge in [0.05, 0.1) is 0 Å². The second-order valence-electron chi connectivity index (χ2n) is 5.09. The van der Waals surface area contributed by atoms with Gasteiger partial charge in [-0.1, -0.05) is 49.3 Å². The summed E-state index contributed by atoms with van der Waals surface area (Å²) >= 11 is 1.49. The highest BCUT2D eigenvalue weighted by Gasteiger charge is 2.06. The molecule has 0 amide bonds. The summed E-state index contributed by atoms with van der Waals surface area (Å²) in [5.74, 6) is 1.46. The minimum absolute atomic E-state index is 0.597. The summed E-state index contributed by atoms with van der Waals surface area (Å²) in [5, 5.41) is 13.1. The molecule has 0 fully saturated rings. The Hall–Kier alpha value is -1.46. The van der Waals surface area contributed by atoms with Crippen LogP contribution in [0.5, 0.6) is 10.9 Å². The first-order valence-corrected chi connectivity index (χ1v) is 7.79. The van der Waals surface area contributed by atoms with Crippen molar-refractivity contribution in [1.29, 1.82) is 0 Å². The molecule has 0 radical (unpaired) electrons. The molecule has 1 aromatic carbocycles. The number of hydrogen-bond acceptors (Lipinski definition) is 5. The molecule has 0 atom stereocenters. The first-order chi connectivity index (χ1) is 9.67. The van der Waals surface area contributed by atoms with Gasteiger partial charge in [-0.2, -0.15) is 0 Å². The van der Waals surface area contributed by atoms with Crippen molar-refractivity contribution < 1.29 is 4.74 Å². The van der Waals surface area contributed by atoms with Gasteiger partial charge < -0.3 is 10.1 Å². The Balaban J connectivity index is 1.91. The van der Waals surface area contributed by atoms with Crippen LogP contribution in [0.1, 0.15) is 31.3 Å².